The van der Waals surface area contributed by atoms with Gasteiger partial charge in [0.1, 0.15) is 0 Å². The molecule has 2 atom stereocenters. The molecular weight excluding hydrogens is 196 g/mol. The van der Waals surface area contributed by atoms with Crippen molar-refractivity contribution < 1.29 is 4.74 Å². The molecule has 1 nitrogen and oxygen atoms in total. The molecule has 0 saturated carbocycles. The van der Waals surface area contributed by atoms with Crippen LogP contribution in [0.15, 0.2) is 0 Å². The fraction of sp³-hybridized carbons (Fsp3) is 1.00. The Morgan fingerprint density at radius 1 is 1.43 bits per heavy atom. The summed E-state index contributed by atoms with van der Waals surface area (Å²) in [5.41, 5.74) is 0.0957. The lowest BCUT2D eigenvalue weighted by Gasteiger charge is -2.24. The molecule has 0 aliphatic carbocycles. The first-order chi connectivity index (χ1) is 6.44. The van der Waals surface area contributed by atoms with Gasteiger partial charge in [-0.05, 0) is 44.9 Å². The Bertz CT molecular complexity index is 177. The number of hydrogen-bond acceptors (Lipinski definition) is 1. The van der Waals surface area contributed by atoms with Crippen LogP contribution in [0.25, 0.3) is 0 Å². The highest BCUT2D eigenvalue weighted by Crippen LogP contribution is 2.34. The van der Waals surface area contributed by atoms with Crippen molar-refractivity contribution in [1.29, 1.82) is 0 Å². The van der Waals surface area contributed by atoms with Gasteiger partial charge >= 0.3 is 0 Å². The van der Waals surface area contributed by atoms with Crippen LogP contribution in [0.4, 0.5) is 0 Å². The van der Waals surface area contributed by atoms with Crippen molar-refractivity contribution in [1.82, 2.24) is 0 Å². The van der Waals surface area contributed by atoms with Gasteiger partial charge in [0.15, 0.2) is 0 Å². The van der Waals surface area contributed by atoms with E-state index in [0.717, 1.165) is 12.3 Å². The van der Waals surface area contributed by atoms with Gasteiger partial charge in [-0.15, -0.1) is 11.6 Å². The summed E-state index contributed by atoms with van der Waals surface area (Å²) in [7, 11) is 0. The Balaban J connectivity index is 2.38. The van der Waals surface area contributed by atoms with Gasteiger partial charge in [0.25, 0.3) is 0 Å². The fourth-order valence-corrected chi connectivity index (χ4v) is 2.58. The molecule has 14 heavy (non-hydrogen) atoms. The summed E-state index contributed by atoms with van der Waals surface area (Å²) in [5, 5.41) is 0. The minimum atomic E-state index is 0.0957. The van der Waals surface area contributed by atoms with Gasteiger partial charge < -0.3 is 4.74 Å². The second-order valence-electron chi connectivity index (χ2n) is 5.43. The molecule has 1 rings (SSSR count). The van der Waals surface area contributed by atoms with Gasteiger partial charge in [-0.1, -0.05) is 13.8 Å². The third kappa shape index (κ3) is 3.43. The standard InChI is InChI=1S/C12H23ClO/c1-9(2)10(8-13)7-11-5-6-12(3,4)14-11/h9-11H,5-8H2,1-4H3. The molecule has 84 valence electrons. The minimum absolute atomic E-state index is 0.0957. The maximum atomic E-state index is 5.97. The van der Waals surface area contributed by atoms with Crippen LogP contribution in [0.5, 0.6) is 0 Å². The van der Waals surface area contributed by atoms with Gasteiger partial charge in [-0.25, -0.2) is 0 Å². The molecule has 1 aliphatic rings. The summed E-state index contributed by atoms with van der Waals surface area (Å²) in [5.74, 6) is 2.04. The summed E-state index contributed by atoms with van der Waals surface area (Å²) in [6.45, 7) is 8.84. The molecule has 1 heterocycles. The lowest BCUT2D eigenvalue weighted by atomic mass is 9.91. The Kier molecular flexibility index (Phi) is 4.27. The lowest BCUT2D eigenvalue weighted by Crippen LogP contribution is -2.23. The monoisotopic (exact) mass is 218 g/mol. The zero-order valence-corrected chi connectivity index (χ0v) is 10.6. The second-order valence-corrected chi connectivity index (χ2v) is 5.74. The number of ether oxygens (including phenoxy) is 1. The van der Waals surface area contributed by atoms with Gasteiger partial charge in [0.05, 0.1) is 11.7 Å². The first-order valence-corrected chi connectivity index (χ1v) is 6.22. The average molecular weight is 219 g/mol. The van der Waals surface area contributed by atoms with Crippen LogP contribution in [0.2, 0.25) is 0 Å². The molecule has 0 aromatic carbocycles. The fourth-order valence-electron chi connectivity index (χ4n) is 2.09. The molecule has 1 aliphatic heterocycles. The van der Waals surface area contributed by atoms with Crippen molar-refractivity contribution in [3.63, 3.8) is 0 Å². The van der Waals surface area contributed by atoms with E-state index in [0.29, 0.717) is 17.9 Å². The van der Waals surface area contributed by atoms with E-state index in [-0.39, 0.29) is 5.60 Å². The van der Waals surface area contributed by atoms with Crippen LogP contribution >= 0.6 is 11.6 Å². The van der Waals surface area contributed by atoms with Crippen LogP contribution < -0.4 is 0 Å². The van der Waals surface area contributed by atoms with Crippen molar-refractivity contribution in [3.8, 4) is 0 Å². The number of hydrogen-bond donors (Lipinski definition) is 0. The largest absolute Gasteiger partial charge is 0.372 e. The quantitative estimate of drug-likeness (QED) is 0.652. The maximum Gasteiger partial charge on any atom is 0.0631 e. The highest BCUT2D eigenvalue weighted by Gasteiger charge is 2.33. The Labute approximate surface area is 93.2 Å². The first-order valence-electron chi connectivity index (χ1n) is 5.68. The number of alkyl halides is 1. The normalized spacial score (nSPS) is 28.3. The molecule has 0 radical (unpaired) electrons. The number of halogens is 1. The molecule has 0 N–H and O–H groups in total. The van der Waals surface area contributed by atoms with E-state index in [4.69, 9.17) is 16.3 Å². The summed E-state index contributed by atoms with van der Waals surface area (Å²) >= 11 is 5.96. The zero-order chi connectivity index (χ0) is 10.8. The summed E-state index contributed by atoms with van der Waals surface area (Å²) in [4.78, 5) is 0. The van der Waals surface area contributed by atoms with Crippen molar-refractivity contribution in [3.05, 3.63) is 0 Å². The molecule has 2 unspecified atom stereocenters. The van der Waals surface area contributed by atoms with Crippen LogP contribution in [0.1, 0.15) is 47.0 Å². The molecule has 0 bridgehead atoms. The molecule has 0 amide bonds. The van der Waals surface area contributed by atoms with Crippen molar-refractivity contribution in [2.75, 3.05) is 5.88 Å². The van der Waals surface area contributed by atoms with Crippen molar-refractivity contribution in [2.45, 2.75) is 58.7 Å². The molecular formula is C12H23ClO. The summed E-state index contributed by atoms with van der Waals surface area (Å²) < 4.78 is 5.97. The van der Waals surface area contributed by atoms with E-state index >= 15 is 0 Å². The van der Waals surface area contributed by atoms with E-state index in [1.807, 2.05) is 0 Å². The molecule has 1 saturated heterocycles. The van der Waals surface area contributed by atoms with Gasteiger partial charge in [0, 0.05) is 5.88 Å². The Morgan fingerprint density at radius 3 is 2.43 bits per heavy atom. The number of rotatable bonds is 4. The highest BCUT2D eigenvalue weighted by molar-refractivity contribution is 6.18. The molecule has 2 heteroatoms. The minimum Gasteiger partial charge on any atom is -0.372 e. The average Bonchev–Trinajstić information content (AvgIpc) is 2.41. The van der Waals surface area contributed by atoms with E-state index in [1.54, 1.807) is 0 Å². The topological polar surface area (TPSA) is 9.23 Å². The van der Waals surface area contributed by atoms with Crippen LogP contribution in [0, 0.1) is 11.8 Å². The van der Waals surface area contributed by atoms with Gasteiger partial charge in [-0.2, -0.15) is 0 Å². The maximum absolute atomic E-state index is 5.97. The molecule has 0 aromatic heterocycles. The van der Waals surface area contributed by atoms with E-state index in [2.05, 4.69) is 27.7 Å². The van der Waals surface area contributed by atoms with Crippen molar-refractivity contribution >= 4 is 11.6 Å². The van der Waals surface area contributed by atoms with E-state index < -0.39 is 0 Å². The molecule has 0 spiro atoms. The van der Waals surface area contributed by atoms with E-state index in [9.17, 15) is 0 Å². The third-order valence-electron chi connectivity index (χ3n) is 3.26. The van der Waals surface area contributed by atoms with Crippen molar-refractivity contribution in [2.24, 2.45) is 11.8 Å². The van der Waals surface area contributed by atoms with Gasteiger partial charge in [0.2, 0.25) is 0 Å². The highest BCUT2D eigenvalue weighted by atomic mass is 35.5. The third-order valence-corrected chi connectivity index (χ3v) is 3.66. The first kappa shape index (κ1) is 12.3. The van der Waals surface area contributed by atoms with Gasteiger partial charge in [-0.3, -0.25) is 0 Å². The van der Waals surface area contributed by atoms with Crippen LogP contribution in [-0.2, 0) is 4.74 Å². The Hall–Kier alpha value is 0.250. The second kappa shape index (κ2) is 4.85. The zero-order valence-electron chi connectivity index (χ0n) is 9.85. The Morgan fingerprint density at radius 2 is 2.07 bits per heavy atom. The smallest absolute Gasteiger partial charge is 0.0631 e. The SMILES string of the molecule is CC(C)C(CCl)CC1CCC(C)(C)O1. The summed E-state index contributed by atoms with van der Waals surface area (Å²) in [6.07, 6.45) is 3.96. The van der Waals surface area contributed by atoms with E-state index in [1.165, 1.54) is 12.8 Å². The molecule has 1 fully saturated rings. The predicted molar refractivity (Wildman–Crippen MR) is 61.9 cm³/mol. The lowest BCUT2D eigenvalue weighted by molar-refractivity contribution is -0.0257. The van der Waals surface area contributed by atoms with Crippen LogP contribution in [-0.4, -0.2) is 17.6 Å². The predicted octanol–water partition coefficient (Wildman–Crippen LogP) is 3.85. The summed E-state index contributed by atoms with van der Waals surface area (Å²) in [6, 6.07) is 0. The molecule has 0 aromatic rings. The van der Waals surface area contributed by atoms with Crippen LogP contribution in [0.3, 0.4) is 0 Å².